The van der Waals surface area contributed by atoms with E-state index in [1.54, 1.807) is 0 Å². The van der Waals surface area contributed by atoms with Crippen molar-refractivity contribution in [1.82, 2.24) is 0 Å². The van der Waals surface area contributed by atoms with Gasteiger partial charge < -0.3 is 10.5 Å². The average molecular weight is 261 g/mol. The number of carbonyl (C=O) groups excluding carboxylic acids is 1. The lowest BCUT2D eigenvalue weighted by Gasteiger charge is -2.02. The van der Waals surface area contributed by atoms with E-state index in [-0.39, 0.29) is 5.97 Å². The lowest BCUT2D eigenvalue weighted by atomic mass is 10.1. The van der Waals surface area contributed by atoms with Gasteiger partial charge in [0.05, 0.1) is 12.8 Å². The van der Waals surface area contributed by atoms with Gasteiger partial charge in [-0.05, 0) is 25.5 Å². The molecule has 0 fully saturated rings. The number of esters is 1. The highest BCUT2D eigenvalue weighted by atomic mass is 32.1. The Morgan fingerprint density at radius 1 is 1.17 bits per heavy atom. The van der Waals surface area contributed by atoms with Gasteiger partial charge in [0, 0.05) is 4.88 Å². The lowest BCUT2D eigenvalue weighted by molar-refractivity contribution is 0.0607. The van der Waals surface area contributed by atoms with Crippen LogP contribution in [0.4, 0.5) is 5.69 Å². The minimum Gasteiger partial charge on any atom is -0.465 e. The maximum atomic E-state index is 11.5. The first-order valence-electron chi connectivity index (χ1n) is 5.57. The topological polar surface area (TPSA) is 52.3 Å². The summed E-state index contributed by atoms with van der Waals surface area (Å²) < 4.78 is 4.71. The fraction of sp³-hybridized carbons (Fsp3) is 0.214. The van der Waals surface area contributed by atoms with Crippen LogP contribution >= 0.6 is 11.3 Å². The second kappa shape index (κ2) is 4.82. The number of benzene rings is 1. The molecular formula is C14H15NO2S. The molecule has 0 saturated carbocycles. The molecule has 2 N–H and O–H groups in total. The van der Waals surface area contributed by atoms with Crippen LogP contribution < -0.4 is 5.73 Å². The van der Waals surface area contributed by atoms with Crippen LogP contribution in [0, 0.1) is 13.8 Å². The molecule has 3 nitrogen and oxygen atoms in total. The van der Waals surface area contributed by atoms with Crippen molar-refractivity contribution in [1.29, 1.82) is 0 Å². The Labute approximate surface area is 110 Å². The first-order chi connectivity index (χ1) is 8.51. The van der Waals surface area contributed by atoms with Gasteiger partial charge in [-0.3, -0.25) is 0 Å². The van der Waals surface area contributed by atoms with E-state index in [1.807, 2.05) is 6.07 Å². The number of nitrogens with two attached hydrogens (primary N) is 1. The molecular weight excluding hydrogens is 246 g/mol. The van der Waals surface area contributed by atoms with Gasteiger partial charge in [0.25, 0.3) is 0 Å². The molecule has 0 unspecified atom stereocenters. The van der Waals surface area contributed by atoms with E-state index in [9.17, 15) is 4.79 Å². The lowest BCUT2D eigenvalue weighted by Crippen LogP contribution is -2.00. The molecule has 2 aromatic rings. The predicted molar refractivity (Wildman–Crippen MR) is 75.0 cm³/mol. The quantitative estimate of drug-likeness (QED) is 0.843. The number of aryl methyl sites for hydroxylation is 2. The molecule has 1 aromatic carbocycles. The number of hydrogen-bond acceptors (Lipinski definition) is 4. The predicted octanol–water partition coefficient (Wildman–Crippen LogP) is 3.40. The second-order valence-electron chi connectivity index (χ2n) is 4.26. The molecule has 18 heavy (non-hydrogen) atoms. The number of methoxy groups -OCH3 is 1. The highest BCUT2D eigenvalue weighted by Crippen LogP contribution is 2.34. The Morgan fingerprint density at radius 3 is 2.33 bits per heavy atom. The van der Waals surface area contributed by atoms with Crippen molar-refractivity contribution in [3.63, 3.8) is 0 Å². The Balaban J connectivity index is 2.48. The highest BCUT2D eigenvalue weighted by Gasteiger charge is 2.15. The fourth-order valence-electron chi connectivity index (χ4n) is 1.92. The molecule has 0 saturated heterocycles. The van der Waals surface area contributed by atoms with E-state index < -0.39 is 0 Å². The minimum absolute atomic E-state index is 0.381. The van der Waals surface area contributed by atoms with Crippen LogP contribution in [0.5, 0.6) is 0 Å². The summed E-state index contributed by atoms with van der Waals surface area (Å²) in [7, 11) is 1.36. The molecule has 1 heterocycles. The van der Waals surface area contributed by atoms with Crippen LogP contribution in [0.25, 0.3) is 10.4 Å². The van der Waals surface area contributed by atoms with Crippen molar-refractivity contribution in [2.45, 2.75) is 13.8 Å². The van der Waals surface area contributed by atoms with Crippen molar-refractivity contribution >= 4 is 23.0 Å². The number of anilines is 1. The number of carbonyl (C=O) groups is 1. The molecule has 0 amide bonds. The van der Waals surface area contributed by atoms with Crippen molar-refractivity contribution < 1.29 is 9.53 Å². The van der Waals surface area contributed by atoms with E-state index in [2.05, 4.69) is 32.0 Å². The van der Waals surface area contributed by atoms with E-state index in [0.717, 1.165) is 10.4 Å². The number of thiophene rings is 1. The van der Waals surface area contributed by atoms with Gasteiger partial charge in [-0.25, -0.2) is 4.79 Å². The smallest absolute Gasteiger partial charge is 0.350 e. The summed E-state index contributed by atoms with van der Waals surface area (Å²) >= 11 is 1.36. The number of nitrogen functional groups attached to an aromatic ring is 1. The third-order valence-corrected chi connectivity index (χ3v) is 3.82. The third-order valence-electron chi connectivity index (χ3n) is 2.64. The van der Waals surface area contributed by atoms with Crippen LogP contribution in [0.3, 0.4) is 0 Å². The molecule has 0 bridgehead atoms. The van der Waals surface area contributed by atoms with Crippen LogP contribution in [-0.4, -0.2) is 13.1 Å². The zero-order valence-electron chi connectivity index (χ0n) is 10.6. The molecule has 94 valence electrons. The Hall–Kier alpha value is -1.81. The summed E-state index contributed by atoms with van der Waals surface area (Å²) in [5, 5.41) is 0. The summed E-state index contributed by atoms with van der Waals surface area (Å²) in [5.41, 5.74) is 9.78. The second-order valence-corrected chi connectivity index (χ2v) is 5.32. The standard InChI is InChI=1S/C14H15NO2S/c1-8-4-9(2)6-10(5-8)12-7-11(15)13(18-12)14(16)17-3/h4-7H,15H2,1-3H3. The molecule has 0 aliphatic carbocycles. The molecule has 2 rings (SSSR count). The molecule has 0 aliphatic heterocycles. The van der Waals surface area contributed by atoms with Crippen molar-refractivity contribution in [2.75, 3.05) is 12.8 Å². The number of hydrogen-bond donors (Lipinski definition) is 1. The minimum atomic E-state index is -0.381. The van der Waals surface area contributed by atoms with Crippen LogP contribution in [0.2, 0.25) is 0 Å². The van der Waals surface area contributed by atoms with E-state index in [1.165, 1.54) is 29.6 Å². The van der Waals surface area contributed by atoms with Crippen molar-refractivity contribution in [2.24, 2.45) is 0 Å². The first-order valence-corrected chi connectivity index (χ1v) is 6.39. The summed E-state index contributed by atoms with van der Waals surface area (Å²) in [6, 6.07) is 8.10. The SMILES string of the molecule is COC(=O)c1sc(-c2cc(C)cc(C)c2)cc1N. The van der Waals surface area contributed by atoms with Gasteiger partial charge in [0.1, 0.15) is 4.88 Å². The first kappa shape index (κ1) is 12.6. The molecule has 0 atom stereocenters. The average Bonchev–Trinajstić information content (AvgIpc) is 2.69. The third kappa shape index (κ3) is 2.38. The fourth-order valence-corrected chi connectivity index (χ4v) is 2.90. The highest BCUT2D eigenvalue weighted by molar-refractivity contribution is 7.18. The number of ether oxygens (including phenoxy) is 1. The van der Waals surface area contributed by atoms with Crippen LogP contribution in [0.15, 0.2) is 24.3 Å². The zero-order chi connectivity index (χ0) is 13.3. The van der Waals surface area contributed by atoms with E-state index >= 15 is 0 Å². The monoisotopic (exact) mass is 261 g/mol. The Bertz CT molecular complexity index is 582. The van der Waals surface area contributed by atoms with Crippen molar-refractivity contribution in [3.8, 4) is 10.4 Å². The van der Waals surface area contributed by atoms with E-state index in [4.69, 9.17) is 10.5 Å². The zero-order valence-corrected chi connectivity index (χ0v) is 11.4. The normalized spacial score (nSPS) is 10.4. The van der Waals surface area contributed by atoms with Crippen LogP contribution in [-0.2, 0) is 4.74 Å². The van der Waals surface area contributed by atoms with Gasteiger partial charge in [-0.1, -0.05) is 29.3 Å². The summed E-state index contributed by atoms with van der Waals surface area (Å²) in [6.07, 6.45) is 0. The number of rotatable bonds is 2. The van der Waals surface area contributed by atoms with Gasteiger partial charge in [0.15, 0.2) is 0 Å². The molecule has 0 aliphatic rings. The Kier molecular flexibility index (Phi) is 3.39. The van der Waals surface area contributed by atoms with Crippen molar-refractivity contribution in [3.05, 3.63) is 40.3 Å². The summed E-state index contributed by atoms with van der Waals surface area (Å²) in [6.45, 7) is 4.10. The molecule has 0 spiro atoms. The summed E-state index contributed by atoms with van der Waals surface area (Å²) in [5.74, 6) is -0.381. The van der Waals surface area contributed by atoms with Gasteiger partial charge in [0.2, 0.25) is 0 Å². The van der Waals surface area contributed by atoms with Gasteiger partial charge in [-0.15, -0.1) is 11.3 Å². The van der Waals surface area contributed by atoms with E-state index in [0.29, 0.717) is 10.6 Å². The summed E-state index contributed by atoms with van der Waals surface area (Å²) in [4.78, 5) is 13.0. The van der Waals surface area contributed by atoms with Gasteiger partial charge in [-0.2, -0.15) is 0 Å². The largest absolute Gasteiger partial charge is 0.465 e. The van der Waals surface area contributed by atoms with Gasteiger partial charge >= 0.3 is 5.97 Å². The maximum absolute atomic E-state index is 11.5. The molecule has 4 heteroatoms. The molecule has 1 aromatic heterocycles. The Morgan fingerprint density at radius 2 is 1.78 bits per heavy atom. The molecule has 0 radical (unpaired) electrons. The maximum Gasteiger partial charge on any atom is 0.350 e. The van der Waals surface area contributed by atoms with Crippen LogP contribution in [0.1, 0.15) is 20.8 Å².